The topological polar surface area (TPSA) is 39.1 Å². The minimum Gasteiger partial charge on any atom is -0.297 e. The maximum absolute atomic E-state index is 9.61. The number of fused-ring (bicyclic) bond motifs is 1. The van der Waals surface area contributed by atoms with E-state index >= 15 is 0 Å². The Morgan fingerprint density at radius 3 is 2.62 bits per heavy atom. The third-order valence-electron chi connectivity index (χ3n) is 5.90. The fourth-order valence-electron chi connectivity index (χ4n) is 4.73. The Morgan fingerprint density at radius 2 is 1.90 bits per heavy atom. The quantitative estimate of drug-likeness (QED) is 0.842. The zero-order chi connectivity index (χ0) is 14.9. The average Bonchev–Trinajstić information content (AvgIpc) is 3.30. The molecule has 1 N–H and O–H groups in total. The molecule has 3 fully saturated rings. The van der Waals surface area contributed by atoms with Gasteiger partial charge in [0.05, 0.1) is 6.07 Å². The maximum Gasteiger partial charge on any atom is 0.105 e. The van der Waals surface area contributed by atoms with Gasteiger partial charge in [-0.3, -0.25) is 10.2 Å². The molecule has 1 aliphatic heterocycles. The highest BCUT2D eigenvalue weighted by molar-refractivity contribution is 5.09. The molecule has 0 aromatic carbocycles. The number of piperidine rings is 1. The molecule has 0 aromatic rings. The fraction of sp³-hybridized carbons (Fsp3) is 0.944. The van der Waals surface area contributed by atoms with Gasteiger partial charge < -0.3 is 0 Å². The summed E-state index contributed by atoms with van der Waals surface area (Å²) < 4.78 is 0. The van der Waals surface area contributed by atoms with Gasteiger partial charge in [-0.15, -0.1) is 0 Å². The summed E-state index contributed by atoms with van der Waals surface area (Å²) >= 11 is 0. The van der Waals surface area contributed by atoms with Crippen molar-refractivity contribution in [3.05, 3.63) is 0 Å². The standard InChI is InChI=1S/C18H31N3/c1-14(12-18(2,13-19)20-16-9-10-16)21-11-5-7-15-6-3-4-8-17(15)21/h14-17,20H,3-12H2,1-2H3/t14?,15-,17-,18?/m1/s1. The minimum atomic E-state index is -0.345. The van der Waals surface area contributed by atoms with Crippen LogP contribution in [0.25, 0.3) is 0 Å². The van der Waals surface area contributed by atoms with E-state index < -0.39 is 0 Å². The molecule has 21 heavy (non-hydrogen) atoms. The molecule has 3 nitrogen and oxygen atoms in total. The molecule has 2 aliphatic carbocycles. The second-order valence-corrected chi connectivity index (χ2v) is 7.91. The van der Waals surface area contributed by atoms with Gasteiger partial charge in [0, 0.05) is 18.1 Å². The van der Waals surface area contributed by atoms with E-state index in [1.165, 1.54) is 57.9 Å². The van der Waals surface area contributed by atoms with E-state index in [1.807, 2.05) is 0 Å². The molecule has 0 amide bonds. The summed E-state index contributed by atoms with van der Waals surface area (Å²) in [5, 5.41) is 13.2. The first-order valence-corrected chi connectivity index (χ1v) is 9.06. The highest BCUT2D eigenvalue weighted by atomic mass is 15.2. The Morgan fingerprint density at radius 1 is 1.19 bits per heavy atom. The van der Waals surface area contributed by atoms with Crippen LogP contribution in [-0.4, -0.2) is 35.1 Å². The molecule has 2 saturated carbocycles. The smallest absolute Gasteiger partial charge is 0.105 e. The Balaban J connectivity index is 1.62. The van der Waals surface area contributed by atoms with Crippen LogP contribution in [0, 0.1) is 17.2 Å². The van der Waals surface area contributed by atoms with Gasteiger partial charge in [-0.1, -0.05) is 12.8 Å². The Bertz CT molecular complexity index is 396. The number of nitrogens with one attached hydrogen (secondary N) is 1. The largest absolute Gasteiger partial charge is 0.297 e. The van der Waals surface area contributed by atoms with Crippen molar-refractivity contribution in [2.45, 2.75) is 95.3 Å². The van der Waals surface area contributed by atoms with E-state index in [-0.39, 0.29) is 5.54 Å². The summed E-state index contributed by atoms with van der Waals surface area (Å²) in [7, 11) is 0. The van der Waals surface area contributed by atoms with Crippen LogP contribution < -0.4 is 5.32 Å². The van der Waals surface area contributed by atoms with Gasteiger partial charge in [-0.05, 0) is 71.3 Å². The third kappa shape index (κ3) is 3.60. The van der Waals surface area contributed by atoms with Crippen LogP contribution in [0.2, 0.25) is 0 Å². The lowest BCUT2D eigenvalue weighted by Crippen LogP contribution is -2.54. The molecular formula is C18H31N3. The summed E-state index contributed by atoms with van der Waals surface area (Å²) in [5.41, 5.74) is -0.345. The summed E-state index contributed by atoms with van der Waals surface area (Å²) in [5.74, 6) is 0.930. The number of nitrogens with zero attached hydrogens (tertiary/aromatic N) is 2. The van der Waals surface area contributed by atoms with Gasteiger partial charge in [-0.25, -0.2) is 0 Å². The maximum atomic E-state index is 9.61. The Labute approximate surface area is 130 Å². The van der Waals surface area contributed by atoms with Crippen molar-refractivity contribution in [3.8, 4) is 6.07 Å². The molecule has 0 bridgehead atoms. The fourth-order valence-corrected chi connectivity index (χ4v) is 4.73. The molecule has 1 heterocycles. The minimum absolute atomic E-state index is 0.345. The van der Waals surface area contributed by atoms with Gasteiger partial charge in [0.2, 0.25) is 0 Å². The van der Waals surface area contributed by atoms with Crippen LogP contribution in [0.15, 0.2) is 0 Å². The van der Waals surface area contributed by atoms with Crippen molar-refractivity contribution in [1.82, 2.24) is 10.2 Å². The van der Waals surface area contributed by atoms with E-state index in [0.717, 1.165) is 18.4 Å². The molecule has 3 heteroatoms. The number of rotatable bonds is 5. The molecular weight excluding hydrogens is 258 g/mol. The van der Waals surface area contributed by atoms with Crippen molar-refractivity contribution >= 4 is 0 Å². The summed E-state index contributed by atoms with van der Waals surface area (Å²) in [6, 6.07) is 4.47. The van der Waals surface area contributed by atoms with Crippen molar-refractivity contribution in [2.75, 3.05) is 6.54 Å². The predicted molar refractivity (Wildman–Crippen MR) is 85.9 cm³/mol. The van der Waals surface area contributed by atoms with Gasteiger partial charge in [0.25, 0.3) is 0 Å². The molecule has 0 aromatic heterocycles. The number of likely N-dealkylation sites (tertiary alicyclic amines) is 1. The molecule has 118 valence electrons. The van der Waals surface area contributed by atoms with Crippen LogP contribution >= 0.6 is 0 Å². The van der Waals surface area contributed by atoms with E-state index in [2.05, 4.69) is 30.1 Å². The van der Waals surface area contributed by atoms with Crippen molar-refractivity contribution in [3.63, 3.8) is 0 Å². The SMILES string of the molecule is CC(CC(C)(C#N)NC1CC1)N1CCC[C@H]2CCCC[C@H]21. The summed E-state index contributed by atoms with van der Waals surface area (Å²) in [6.45, 7) is 5.69. The first kappa shape index (κ1) is 15.3. The molecule has 0 radical (unpaired) electrons. The van der Waals surface area contributed by atoms with Crippen molar-refractivity contribution < 1.29 is 0 Å². The molecule has 4 atom stereocenters. The monoisotopic (exact) mass is 289 g/mol. The molecule has 3 rings (SSSR count). The van der Waals surface area contributed by atoms with Gasteiger partial charge in [0.1, 0.15) is 5.54 Å². The first-order chi connectivity index (χ1) is 10.1. The number of nitriles is 1. The Kier molecular flexibility index (Phi) is 4.57. The van der Waals surface area contributed by atoms with Crippen LogP contribution in [0.5, 0.6) is 0 Å². The highest BCUT2D eigenvalue weighted by Crippen LogP contribution is 2.37. The van der Waals surface area contributed by atoms with E-state index in [1.54, 1.807) is 0 Å². The lowest BCUT2D eigenvalue weighted by atomic mass is 9.77. The van der Waals surface area contributed by atoms with Gasteiger partial charge in [-0.2, -0.15) is 5.26 Å². The van der Waals surface area contributed by atoms with Gasteiger partial charge >= 0.3 is 0 Å². The second kappa shape index (κ2) is 6.26. The summed E-state index contributed by atoms with van der Waals surface area (Å²) in [4.78, 5) is 2.75. The van der Waals surface area contributed by atoms with Crippen molar-refractivity contribution in [1.29, 1.82) is 5.26 Å². The normalized spacial score (nSPS) is 34.5. The Hall–Kier alpha value is -0.590. The van der Waals surface area contributed by atoms with Crippen LogP contribution in [0.3, 0.4) is 0 Å². The van der Waals surface area contributed by atoms with Gasteiger partial charge in [0.15, 0.2) is 0 Å². The predicted octanol–water partition coefficient (Wildman–Crippen LogP) is 3.45. The lowest BCUT2D eigenvalue weighted by molar-refractivity contribution is 0.0230. The second-order valence-electron chi connectivity index (χ2n) is 7.91. The molecule has 0 spiro atoms. The van der Waals surface area contributed by atoms with E-state index in [4.69, 9.17) is 0 Å². The highest BCUT2D eigenvalue weighted by Gasteiger charge is 2.39. The molecule has 1 saturated heterocycles. The summed E-state index contributed by atoms with van der Waals surface area (Å²) in [6.07, 6.45) is 11.9. The number of hydrogen-bond acceptors (Lipinski definition) is 3. The first-order valence-electron chi connectivity index (χ1n) is 9.06. The zero-order valence-electron chi connectivity index (χ0n) is 13.8. The van der Waals surface area contributed by atoms with E-state index in [9.17, 15) is 5.26 Å². The van der Waals surface area contributed by atoms with E-state index in [0.29, 0.717) is 12.1 Å². The van der Waals surface area contributed by atoms with Crippen LogP contribution in [-0.2, 0) is 0 Å². The van der Waals surface area contributed by atoms with Crippen molar-refractivity contribution in [2.24, 2.45) is 5.92 Å². The van der Waals surface area contributed by atoms with Crippen LogP contribution in [0.1, 0.15) is 71.6 Å². The zero-order valence-corrected chi connectivity index (χ0v) is 13.8. The van der Waals surface area contributed by atoms with Crippen LogP contribution in [0.4, 0.5) is 0 Å². The number of hydrogen-bond donors (Lipinski definition) is 1. The average molecular weight is 289 g/mol. The molecule has 2 unspecified atom stereocenters. The third-order valence-corrected chi connectivity index (χ3v) is 5.90. The molecule has 3 aliphatic rings. The lowest BCUT2D eigenvalue weighted by Gasteiger charge is -2.48.